The van der Waals surface area contributed by atoms with E-state index in [9.17, 15) is 0 Å². The van der Waals surface area contributed by atoms with E-state index in [-0.39, 0.29) is 21.7 Å². The van der Waals surface area contributed by atoms with E-state index in [1.807, 2.05) is 0 Å². The molecule has 0 radical (unpaired) electrons. The molecule has 0 aliphatic carbocycles. The molecular weight excluding hydrogens is 713 g/mol. The van der Waals surface area contributed by atoms with Crippen LogP contribution in [0.2, 0.25) is 0 Å². The molecule has 0 bridgehead atoms. The van der Waals surface area contributed by atoms with Gasteiger partial charge < -0.3 is 23.1 Å². The number of hydrogen-bond donors (Lipinski definition) is 0. The van der Waals surface area contributed by atoms with Crippen molar-refractivity contribution in [2.24, 2.45) is 0 Å². The lowest BCUT2D eigenvalue weighted by Gasteiger charge is -2.30. The van der Waals surface area contributed by atoms with Crippen LogP contribution in [0.25, 0.3) is 0 Å². The molecule has 0 aromatic heterocycles. The minimum absolute atomic E-state index is 0.0797. The molecule has 0 fully saturated rings. The third kappa shape index (κ3) is 10.9. The first-order valence-electron chi connectivity index (χ1n) is 20.4. The number of rotatable bonds is 14. The van der Waals surface area contributed by atoms with Crippen molar-refractivity contribution in [1.29, 1.82) is 0 Å². The molecule has 0 N–H and O–H groups in total. The first kappa shape index (κ1) is 44.2. The Morgan fingerprint density at radius 2 is 0.545 bits per heavy atom. The minimum Gasteiger partial charge on any atom is -0.494 e. The van der Waals surface area contributed by atoms with Crippen LogP contribution in [0.15, 0.2) is 72.8 Å². The van der Waals surface area contributed by atoms with E-state index >= 15 is 0 Å². The van der Waals surface area contributed by atoms with Crippen LogP contribution in [-0.2, 0) is 25.8 Å². The Bertz CT molecular complexity index is 1620. The average molecular weight is 783 g/mol. The summed E-state index contributed by atoms with van der Waals surface area (Å²) in [5.74, 6) is 3.68. The smallest absolute Gasteiger partial charge is 0.229 e. The summed E-state index contributed by atoms with van der Waals surface area (Å²) in [4.78, 5) is 0. The number of hydrogen-bond acceptors (Lipinski definition) is 5. The van der Waals surface area contributed by atoms with Gasteiger partial charge in [-0.1, -0.05) is 132 Å². The molecule has 0 aliphatic rings. The lowest BCUT2D eigenvalue weighted by Crippen LogP contribution is -2.56. The van der Waals surface area contributed by atoms with Crippen molar-refractivity contribution in [2.75, 3.05) is 26.4 Å². The number of benzene rings is 4. The maximum Gasteiger partial charge on any atom is 0.229 e. The predicted molar refractivity (Wildman–Crippen MR) is 239 cm³/mol. The Hall–Kier alpha value is -3.53. The average Bonchev–Trinajstić information content (AvgIpc) is 3.07. The first-order chi connectivity index (χ1) is 25.6. The molecule has 0 amide bonds. The van der Waals surface area contributed by atoms with Crippen LogP contribution >= 0.6 is 0 Å². The van der Waals surface area contributed by atoms with Gasteiger partial charge in [0.05, 0.1) is 26.4 Å². The zero-order chi connectivity index (χ0) is 40.9. The van der Waals surface area contributed by atoms with Crippen LogP contribution in [0.1, 0.15) is 133 Å². The Balaban J connectivity index is 2.07. The Labute approximate surface area is 337 Å². The lowest BCUT2D eigenvalue weighted by molar-refractivity contribution is 0.330. The highest BCUT2D eigenvalue weighted by molar-refractivity contribution is 6.92. The largest absolute Gasteiger partial charge is 0.494 e. The minimum atomic E-state index is -2.44. The van der Waals surface area contributed by atoms with Crippen LogP contribution < -0.4 is 39.7 Å². The summed E-state index contributed by atoms with van der Waals surface area (Å²) in [6, 6.07) is 27.2. The van der Waals surface area contributed by atoms with Crippen molar-refractivity contribution in [2.45, 2.75) is 132 Å². The molecule has 300 valence electrons. The Kier molecular flexibility index (Phi) is 14.2. The van der Waals surface area contributed by atoms with E-state index in [4.69, 9.17) is 23.1 Å². The molecule has 0 heterocycles. The predicted octanol–water partition coefficient (Wildman–Crippen LogP) is 8.86. The highest BCUT2D eigenvalue weighted by Gasteiger charge is 2.32. The molecule has 0 saturated carbocycles. The van der Waals surface area contributed by atoms with Gasteiger partial charge in [-0.15, -0.1) is 0 Å². The molecule has 4 aromatic rings. The van der Waals surface area contributed by atoms with Gasteiger partial charge in [0.1, 0.15) is 23.0 Å². The van der Waals surface area contributed by atoms with Gasteiger partial charge in [0, 0.05) is 0 Å². The van der Waals surface area contributed by atoms with Crippen molar-refractivity contribution in [3.8, 4) is 23.0 Å². The fourth-order valence-corrected chi connectivity index (χ4v) is 13.9. The highest BCUT2D eigenvalue weighted by Crippen LogP contribution is 2.35. The summed E-state index contributed by atoms with van der Waals surface area (Å²) in [6.07, 6.45) is 0. The van der Waals surface area contributed by atoms with Crippen LogP contribution in [0.3, 0.4) is 0 Å². The molecule has 0 saturated heterocycles. The van der Waals surface area contributed by atoms with E-state index in [2.05, 4.69) is 184 Å². The van der Waals surface area contributed by atoms with Crippen molar-refractivity contribution in [3.05, 3.63) is 95.1 Å². The summed E-state index contributed by atoms with van der Waals surface area (Å²) in [6.45, 7) is 37.5. The summed E-state index contributed by atoms with van der Waals surface area (Å²) in [5.41, 5.74) is 4.44. The molecule has 4 aromatic carbocycles. The molecule has 4 rings (SSSR count). The van der Waals surface area contributed by atoms with Gasteiger partial charge in [-0.05, 0) is 117 Å². The fourth-order valence-electron chi connectivity index (χ4n) is 7.22. The fraction of sp³-hybridized carbons (Fsp3) is 0.500. The van der Waals surface area contributed by atoms with E-state index in [0.29, 0.717) is 26.4 Å². The van der Waals surface area contributed by atoms with Crippen LogP contribution in [0.4, 0.5) is 0 Å². The molecule has 0 spiro atoms. The topological polar surface area (TPSA) is 46.2 Å². The summed E-state index contributed by atoms with van der Waals surface area (Å²) in [5, 5.41) is 4.69. The molecule has 0 aliphatic heterocycles. The summed E-state index contributed by atoms with van der Waals surface area (Å²) >= 11 is 0. The standard InChI is InChI=1S/C48H70O5Si2/c1-17-49-41-29-33(21-25-37(41)45(5,6)7)54(34-22-26-38(46(8,9)10)42(30-34)50-18-2)53-55(35-23-27-39(47(11,12)13)43(31-35)51-19-3)36-24-28-40(48(14,15)16)44(32-36)52-20-4/h21-32,54-55H,17-20H2,1-16H3. The summed E-state index contributed by atoms with van der Waals surface area (Å²) < 4.78 is 33.4. The van der Waals surface area contributed by atoms with E-state index in [0.717, 1.165) is 23.0 Å². The maximum atomic E-state index is 7.88. The van der Waals surface area contributed by atoms with Gasteiger partial charge in [-0.2, -0.15) is 0 Å². The zero-order valence-electron chi connectivity index (χ0n) is 37.0. The third-order valence-electron chi connectivity index (χ3n) is 9.94. The molecule has 5 nitrogen and oxygen atoms in total. The zero-order valence-corrected chi connectivity index (χ0v) is 39.3. The second-order valence-corrected chi connectivity index (χ2v) is 23.9. The Morgan fingerprint density at radius 1 is 0.345 bits per heavy atom. The maximum absolute atomic E-state index is 7.88. The number of ether oxygens (including phenoxy) is 4. The van der Waals surface area contributed by atoms with Crippen LogP contribution in [0, 0.1) is 0 Å². The van der Waals surface area contributed by atoms with Gasteiger partial charge in [0.15, 0.2) is 0 Å². The van der Waals surface area contributed by atoms with Gasteiger partial charge in [-0.25, -0.2) is 0 Å². The van der Waals surface area contributed by atoms with Crippen molar-refractivity contribution >= 4 is 38.8 Å². The van der Waals surface area contributed by atoms with Crippen molar-refractivity contribution in [3.63, 3.8) is 0 Å². The van der Waals surface area contributed by atoms with E-state index in [1.54, 1.807) is 0 Å². The van der Waals surface area contributed by atoms with Gasteiger partial charge in [-0.3, -0.25) is 0 Å². The SMILES string of the molecule is CCOc1cc([SiH](O[SiH](c2ccc(C(C)(C)C)c(OCC)c2)c2ccc(C(C)(C)C)c(OCC)c2)c2ccc(C(C)(C)C)c(OCC)c2)ccc1C(C)(C)C. The lowest BCUT2D eigenvalue weighted by atomic mass is 9.86. The van der Waals surface area contributed by atoms with Gasteiger partial charge in [0.2, 0.25) is 18.1 Å². The Morgan fingerprint density at radius 3 is 0.709 bits per heavy atom. The third-order valence-corrected chi connectivity index (χ3v) is 16.0. The second kappa shape index (κ2) is 17.7. The highest BCUT2D eigenvalue weighted by atomic mass is 28.4. The van der Waals surface area contributed by atoms with Gasteiger partial charge >= 0.3 is 0 Å². The molecule has 55 heavy (non-hydrogen) atoms. The molecule has 0 atom stereocenters. The van der Waals surface area contributed by atoms with E-state index < -0.39 is 18.1 Å². The monoisotopic (exact) mass is 782 g/mol. The second-order valence-electron chi connectivity index (χ2n) is 18.7. The molecular formula is C48H70O5Si2. The first-order valence-corrected chi connectivity index (χ1v) is 23.6. The van der Waals surface area contributed by atoms with Gasteiger partial charge in [0.25, 0.3) is 0 Å². The molecule has 7 heteroatoms. The van der Waals surface area contributed by atoms with Crippen LogP contribution in [-0.4, -0.2) is 44.5 Å². The summed E-state index contributed by atoms with van der Waals surface area (Å²) in [7, 11) is -4.88. The van der Waals surface area contributed by atoms with Crippen molar-refractivity contribution < 1.29 is 23.1 Å². The normalized spacial score (nSPS) is 12.7. The van der Waals surface area contributed by atoms with Crippen LogP contribution in [0.5, 0.6) is 23.0 Å². The molecule has 0 unspecified atom stereocenters. The van der Waals surface area contributed by atoms with Crippen molar-refractivity contribution in [1.82, 2.24) is 0 Å². The van der Waals surface area contributed by atoms with E-state index in [1.165, 1.54) is 43.0 Å². The quantitative estimate of drug-likeness (QED) is 0.120.